The van der Waals surface area contributed by atoms with Gasteiger partial charge in [0.1, 0.15) is 0 Å². The molecule has 2 aliphatic carbocycles. The molecule has 0 aromatic rings. The fourth-order valence-electron chi connectivity index (χ4n) is 2.79. The van der Waals surface area contributed by atoms with E-state index in [1.807, 2.05) is 0 Å². The molecular weight excluding hydrogens is 150 g/mol. The predicted molar refractivity (Wildman–Crippen MR) is 48.4 cm³/mol. The molecule has 0 aromatic heterocycles. The Bertz CT molecular complexity index is 232. The van der Waals surface area contributed by atoms with E-state index in [2.05, 4.69) is 18.2 Å². The van der Waals surface area contributed by atoms with Crippen molar-refractivity contribution in [2.24, 2.45) is 22.9 Å². The molecule has 0 heterocycles. The van der Waals surface area contributed by atoms with Gasteiger partial charge in [-0.25, -0.2) is 0 Å². The first-order valence-electron chi connectivity index (χ1n) is 4.67. The number of hydrogen-bond acceptors (Lipinski definition) is 2. The highest BCUT2D eigenvalue weighted by atomic mass is 16.4. The second-order valence-electron chi connectivity index (χ2n) is 3.92. The Hall–Kier alpha value is -0.790. The van der Waals surface area contributed by atoms with Crippen molar-refractivity contribution in [2.75, 3.05) is 0 Å². The lowest BCUT2D eigenvalue weighted by Crippen LogP contribution is -2.12. The lowest BCUT2D eigenvalue weighted by molar-refractivity contribution is 0.314. The van der Waals surface area contributed by atoms with Gasteiger partial charge in [-0.05, 0) is 38.0 Å². The molecule has 0 amide bonds. The maximum absolute atomic E-state index is 8.43. The maximum Gasteiger partial charge on any atom is 0.0469 e. The fraction of sp³-hybridized carbons (Fsp3) is 0.700. The fourth-order valence-corrected chi connectivity index (χ4v) is 2.79. The molecule has 2 fully saturated rings. The molecule has 3 unspecified atom stereocenters. The topological polar surface area (TPSA) is 32.6 Å². The van der Waals surface area contributed by atoms with Crippen LogP contribution in [-0.2, 0) is 0 Å². The van der Waals surface area contributed by atoms with Crippen LogP contribution in [0, 0.1) is 17.8 Å². The summed E-state index contributed by atoms with van der Waals surface area (Å²) in [5, 5.41) is 11.6. The third-order valence-electron chi connectivity index (χ3n) is 3.40. The van der Waals surface area contributed by atoms with Gasteiger partial charge < -0.3 is 5.21 Å². The third kappa shape index (κ3) is 1.06. The third-order valence-corrected chi connectivity index (χ3v) is 3.40. The van der Waals surface area contributed by atoms with E-state index in [4.69, 9.17) is 5.21 Å². The van der Waals surface area contributed by atoms with Crippen LogP contribution >= 0.6 is 0 Å². The lowest BCUT2D eigenvalue weighted by atomic mass is 9.86. The van der Waals surface area contributed by atoms with Gasteiger partial charge in [0.2, 0.25) is 0 Å². The summed E-state index contributed by atoms with van der Waals surface area (Å²) in [6.07, 6.45) is 7.73. The van der Waals surface area contributed by atoms with Crippen LogP contribution in [0.1, 0.15) is 26.2 Å². The van der Waals surface area contributed by atoms with E-state index < -0.39 is 0 Å². The Morgan fingerprint density at radius 1 is 1.50 bits per heavy atom. The average Bonchev–Trinajstić information content (AvgIpc) is 2.62. The summed E-state index contributed by atoms with van der Waals surface area (Å²) in [6.45, 7) is 2.13. The van der Waals surface area contributed by atoms with Crippen molar-refractivity contribution in [3.05, 3.63) is 11.6 Å². The van der Waals surface area contributed by atoms with Gasteiger partial charge in [0, 0.05) is 12.1 Å². The van der Waals surface area contributed by atoms with Gasteiger partial charge in [0.05, 0.1) is 0 Å². The van der Waals surface area contributed by atoms with Crippen molar-refractivity contribution in [3.8, 4) is 0 Å². The smallest absolute Gasteiger partial charge is 0.0469 e. The van der Waals surface area contributed by atoms with Crippen LogP contribution in [0.4, 0.5) is 0 Å². The van der Waals surface area contributed by atoms with E-state index in [-0.39, 0.29) is 0 Å². The minimum Gasteiger partial charge on any atom is -0.411 e. The second kappa shape index (κ2) is 2.92. The number of rotatable bonds is 1. The second-order valence-corrected chi connectivity index (χ2v) is 3.92. The molecule has 1 N–H and O–H groups in total. The van der Waals surface area contributed by atoms with Gasteiger partial charge in [-0.2, -0.15) is 0 Å². The number of fused-ring (bicyclic) bond motifs is 2. The molecule has 3 atom stereocenters. The Balaban J connectivity index is 2.07. The molecule has 66 valence electrons. The van der Waals surface area contributed by atoms with Gasteiger partial charge in [-0.1, -0.05) is 11.6 Å². The highest BCUT2D eigenvalue weighted by molar-refractivity contribution is 5.62. The summed E-state index contributed by atoms with van der Waals surface area (Å²) < 4.78 is 0. The minimum absolute atomic E-state index is 0.545. The minimum atomic E-state index is 0.545. The first-order chi connectivity index (χ1) is 5.85. The van der Waals surface area contributed by atoms with Gasteiger partial charge in [0.25, 0.3) is 0 Å². The number of hydrogen-bond donors (Lipinski definition) is 1. The van der Waals surface area contributed by atoms with E-state index in [1.165, 1.54) is 19.3 Å². The maximum atomic E-state index is 8.43. The summed E-state index contributed by atoms with van der Waals surface area (Å²) in [5.41, 5.74) is 1.63. The van der Waals surface area contributed by atoms with Crippen molar-refractivity contribution in [3.63, 3.8) is 0 Å². The van der Waals surface area contributed by atoms with Crippen molar-refractivity contribution in [1.29, 1.82) is 0 Å². The van der Waals surface area contributed by atoms with Crippen LogP contribution in [0.5, 0.6) is 0 Å². The number of oxime groups is 1. The molecule has 0 aliphatic heterocycles. The summed E-state index contributed by atoms with van der Waals surface area (Å²) in [4.78, 5) is 0. The monoisotopic (exact) mass is 165 g/mol. The van der Waals surface area contributed by atoms with E-state index in [0.717, 1.165) is 11.8 Å². The molecule has 2 aliphatic rings. The highest BCUT2D eigenvalue weighted by Crippen LogP contribution is 2.50. The van der Waals surface area contributed by atoms with Crippen molar-refractivity contribution < 1.29 is 5.21 Å². The van der Waals surface area contributed by atoms with Crippen LogP contribution in [-0.4, -0.2) is 11.4 Å². The SMILES string of the molecule is C/C=C1\CC2CC1CC2/C=N/O. The lowest BCUT2D eigenvalue weighted by Gasteiger charge is -2.18. The molecule has 2 saturated carbocycles. The Labute approximate surface area is 73.0 Å². The molecule has 12 heavy (non-hydrogen) atoms. The number of allylic oxidation sites excluding steroid dienone is 2. The highest BCUT2D eigenvalue weighted by Gasteiger charge is 2.41. The predicted octanol–water partition coefficient (Wildman–Crippen LogP) is 2.44. The normalized spacial score (nSPS) is 43.4. The molecule has 0 spiro atoms. The van der Waals surface area contributed by atoms with E-state index in [0.29, 0.717) is 5.92 Å². The van der Waals surface area contributed by atoms with Crippen molar-refractivity contribution >= 4 is 6.21 Å². The van der Waals surface area contributed by atoms with Crippen molar-refractivity contribution in [1.82, 2.24) is 0 Å². The summed E-state index contributed by atoms with van der Waals surface area (Å²) >= 11 is 0. The van der Waals surface area contributed by atoms with Crippen LogP contribution < -0.4 is 0 Å². The summed E-state index contributed by atoms with van der Waals surface area (Å²) in [6, 6.07) is 0. The van der Waals surface area contributed by atoms with E-state index in [1.54, 1.807) is 11.8 Å². The first kappa shape index (κ1) is 7.84. The van der Waals surface area contributed by atoms with E-state index >= 15 is 0 Å². The molecule has 0 saturated heterocycles. The Morgan fingerprint density at radius 2 is 2.33 bits per heavy atom. The zero-order chi connectivity index (χ0) is 8.55. The van der Waals surface area contributed by atoms with Gasteiger partial charge in [-0.15, -0.1) is 5.16 Å². The van der Waals surface area contributed by atoms with Gasteiger partial charge in [-0.3, -0.25) is 0 Å². The number of nitrogens with zero attached hydrogens (tertiary/aromatic N) is 1. The molecular formula is C10H15NO. The van der Waals surface area contributed by atoms with Crippen LogP contribution in [0.3, 0.4) is 0 Å². The van der Waals surface area contributed by atoms with Gasteiger partial charge >= 0.3 is 0 Å². The van der Waals surface area contributed by atoms with Crippen LogP contribution in [0.15, 0.2) is 16.8 Å². The zero-order valence-corrected chi connectivity index (χ0v) is 7.40. The molecule has 2 bridgehead atoms. The largest absolute Gasteiger partial charge is 0.411 e. The van der Waals surface area contributed by atoms with E-state index in [9.17, 15) is 0 Å². The zero-order valence-electron chi connectivity index (χ0n) is 7.40. The van der Waals surface area contributed by atoms with Crippen LogP contribution in [0.25, 0.3) is 0 Å². The van der Waals surface area contributed by atoms with Crippen molar-refractivity contribution in [2.45, 2.75) is 26.2 Å². The molecule has 2 heteroatoms. The standard InChI is InChI=1S/C10H15NO/c1-2-7-3-9-4-8(7)5-10(9)6-11-12/h2,6,8-10,12H,3-5H2,1H3/b7-2+,11-6+. The first-order valence-corrected chi connectivity index (χ1v) is 4.67. The Morgan fingerprint density at radius 3 is 2.83 bits per heavy atom. The molecule has 0 radical (unpaired) electrons. The summed E-state index contributed by atoms with van der Waals surface area (Å²) in [7, 11) is 0. The quantitative estimate of drug-likeness (QED) is 0.275. The molecule has 2 nitrogen and oxygen atoms in total. The Kier molecular flexibility index (Phi) is 1.91. The average molecular weight is 165 g/mol. The summed E-state index contributed by atoms with van der Waals surface area (Å²) in [5.74, 6) is 2.10. The molecule has 2 rings (SSSR count). The van der Waals surface area contributed by atoms with Gasteiger partial charge in [0.15, 0.2) is 0 Å². The van der Waals surface area contributed by atoms with Crippen LogP contribution in [0.2, 0.25) is 0 Å². The molecule has 0 aromatic carbocycles.